The summed E-state index contributed by atoms with van der Waals surface area (Å²) in [4.78, 5) is 41.5. The number of carbonyl (C=O) groups is 2. The molecule has 4 heterocycles. The van der Waals surface area contributed by atoms with Crippen LogP contribution in [0.1, 0.15) is 12.0 Å². The van der Waals surface area contributed by atoms with E-state index in [1.807, 2.05) is 0 Å². The molecule has 10 nitrogen and oxygen atoms in total. The maximum absolute atomic E-state index is 14.5. The van der Waals surface area contributed by atoms with E-state index >= 15 is 0 Å². The van der Waals surface area contributed by atoms with Crippen molar-refractivity contribution in [3.63, 3.8) is 0 Å². The van der Waals surface area contributed by atoms with Gasteiger partial charge in [0.05, 0.1) is 29.5 Å². The summed E-state index contributed by atoms with van der Waals surface area (Å²) < 4.78 is 26.7. The minimum absolute atomic E-state index is 0.0337. The number of aromatic nitrogens is 2. The van der Waals surface area contributed by atoms with E-state index in [0.29, 0.717) is 66.2 Å². The second-order valence-corrected chi connectivity index (χ2v) is 8.49. The van der Waals surface area contributed by atoms with Gasteiger partial charge in [0.2, 0.25) is 0 Å². The van der Waals surface area contributed by atoms with E-state index in [2.05, 4.69) is 15.6 Å². The van der Waals surface area contributed by atoms with Crippen LogP contribution in [-0.4, -0.2) is 53.9 Å². The van der Waals surface area contributed by atoms with Gasteiger partial charge in [-0.25, -0.2) is 9.18 Å². The molecule has 0 spiro atoms. The second kappa shape index (κ2) is 9.34. The number of hydrogen-bond donors (Lipinski definition) is 2. The largest absolute Gasteiger partial charge is 0.482 e. The Hall–Kier alpha value is -3.99. The van der Waals surface area contributed by atoms with Crippen LogP contribution in [0.25, 0.3) is 11.0 Å². The molecule has 0 radical (unpaired) electrons. The highest BCUT2D eigenvalue weighted by atomic mass is 19.1. The fourth-order valence-corrected chi connectivity index (χ4v) is 4.37. The Balaban J connectivity index is 1.15. The number of benzene rings is 1. The SMILES string of the molecule is Cn1c(=O)ccc2ncc(F)c(CCCNCC3CN(c4ccc5c(c4)NC(=O)CO5)C(=O)O3)c21. The summed E-state index contributed by atoms with van der Waals surface area (Å²) in [6.07, 6.45) is 1.40. The molecule has 182 valence electrons. The molecule has 0 bridgehead atoms. The van der Waals surface area contributed by atoms with E-state index in [4.69, 9.17) is 9.47 Å². The van der Waals surface area contributed by atoms with Gasteiger partial charge >= 0.3 is 6.09 Å². The zero-order valence-corrected chi connectivity index (χ0v) is 19.0. The highest BCUT2D eigenvalue weighted by molar-refractivity contribution is 5.97. The molecule has 1 saturated heterocycles. The lowest BCUT2D eigenvalue weighted by Crippen LogP contribution is -2.31. The van der Waals surface area contributed by atoms with E-state index in [1.54, 1.807) is 31.3 Å². The van der Waals surface area contributed by atoms with E-state index in [1.165, 1.54) is 21.7 Å². The second-order valence-electron chi connectivity index (χ2n) is 8.49. The van der Waals surface area contributed by atoms with Crippen LogP contribution < -0.4 is 25.8 Å². The first-order chi connectivity index (χ1) is 16.9. The van der Waals surface area contributed by atoms with E-state index in [9.17, 15) is 18.8 Å². The summed E-state index contributed by atoms with van der Waals surface area (Å²) in [5.41, 5.74) is 2.44. The van der Waals surface area contributed by atoms with Gasteiger partial charge in [-0.3, -0.25) is 19.5 Å². The lowest BCUT2D eigenvalue weighted by molar-refractivity contribution is -0.118. The lowest BCUT2D eigenvalue weighted by atomic mass is 10.1. The van der Waals surface area contributed by atoms with Crippen molar-refractivity contribution < 1.29 is 23.5 Å². The number of aryl methyl sites for hydroxylation is 2. The maximum Gasteiger partial charge on any atom is 0.414 e. The Kier molecular flexibility index (Phi) is 6.08. The van der Waals surface area contributed by atoms with Crippen molar-refractivity contribution in [2.75, 3.05) is 36.5 Å². The summed E-state index contributed by atoms with van der Waals surface area (Å²) in [5.74, 6) is -0.133. The molecule has 3 aromatic rings. The minimum Gasteiger partial charge on any atom is -0.482 e. The predicted molar refractivity (Wildman–Crippen MR) is 126 cm³/mol. The number of halogens is 1. The van der Waals surface area contributed by atoms with Crippen LogP contribution >= 0.6 is 0 Å². The first kappa shape index (κ1) is 22.8. The number of pyridine rings is 2. The Morgan fingerprint density at radius 1 is 1.23 bits per heavy atom. The van der Waals surface area contributed by atoms with Crippen molar-refractivity contribution in [1.29, 1.82) is 0 Å². The van der Waals surface area contributed by atoms with Crippen LogP contribution in [0, 0.1) is 5.82 Å². The highest BCUT2D eigenvalue weighted by Crippen LogP contribution is 2.33. The van der Waals surface area contributed by atoms with Gasteiger partial charge in [0, 0.05) is 30.9 Å². The number of rotatable bonds is 7. The van der Waals surface area contributed by atoms with E-state index in [-0.39, 0.29) is 24.2 Å². The third-order valence-corrected chi connectivity index (χ3v) is 6.12. The van der Waals surface area contributed by atoms with Crippen LogP contribution in [0.3, 0.4) is 0 Å². The van der Waals surface area contributed by atoms with E-state index < -0.39 is 11.9 Å². The topological polar surface area (TPSA) is 115 Å². The van der Waals surface area contributed by atoms with Gasteiger partial charge in [0.15, 0.2) is 6.61 Å². The number of fused-ring (bicyclic) bond motifs is 2. The number of nitrogens with one attached hydrogen (secondary N) is 2. The molecule has 1 unspecified atom stereocenters. The van der Waals surface area contributed by atoms with Crippen LogP contribution in [0.15, 0.2) is 41.3 Å². The third kappa shape index (κ3) is 4.54. The number of cyclic esters (lactones) is 1. The van der Waals surface area contributed by atoms with Gasteiger partial charge in [0.1, 0.15) is 17.7 Å². The number of amides is 2. The summed E-state index contributed by atoms with van der Waals surface area (Å²) in [6, 6.07) is 8.15. The van der Waals surface area contributed by atoms with Crippen molar-refractivity contribution in [2.45, 2.75) is 18.9 Å². The van der Waals surface area contributed by atoms with Crippen LogP contribution in [-0.2, 0) is 23.0 Å². The Morgan fingerprint density at radius 3 is 2.94 bits per heavy atom. The quantitative estimate of drug-likeness (QED) is 0.496. The van der Waals surface area contributed by atoms with Crippen molar-refractivity contribution in [3.05, 3.63) is 58.3 Å². The molecule has 1 atom stereocenters. The molecule has 2 aliphatic rings. The van der Waals surface area contributed by atoms with Crippen LogP contribution in [0.2, 0.25) is 0 Å². The number of nitrogens with zero attached hydrogens (tertiary/aromatic N) is 3. The Morgan fingerprint density at radius 2 is 2.09 bits per heavy atom. The first-order valence-electron chi connectivity index (χ1n) is 11.3. The molecule has 2 amide bonds. The van der Waals surface area contributed by atoms with Gasteiger partial charge < -0.3 is 24.7 Å². The van der Waals surface area contributed by atoms with Gasteiger partial charge in [-0.15, -0.1) is 0 Å². The minimum atomic E-state index is -0.467. The molecule has 2 N–H and O–H groups in total. The Bertz CT molecular complexity index is 1370. The van der Waals surface area contributed by atoms with Crippen molar-refractivity contribution in [1.82, 2.24) is 14.9 Å². The van der Waals surface area contributed by atoms with Gasteiger partial charge in [-0.2, -0.15) is 0 Å². The van der Waals surface area contributed by atoms with Gasteiger partial charge in [-0.1, -0.05) is 0 Å². The molecular weight excluding hydrogens is 457 g/mol. The predicted octanol–water partition coefficient (Wildman–Crippen LogP) is 1.95. The van der Waals surface area contributed by atoms with Gasteiger partial charge in [-0.05, 0) is 43.7 Å². The molecule has 0 saturated carbocycles. The fourth-order valence-electron chi connectivity index (χ4n) is 4.37. The van der Waals surface area contributed by atoms with Crippen LogP contribution in [0.5, 0.6) is 5.75 Å². The smallest absolute Gasteiger partial charge is 0.414 e. The molecule has 0 aliphatic carbocycles. The standard InChI is InChI=1S/C24H24FN5O5/c1-29-22(32)7-5-18-23(29)16(17(25)11-27-18)3-2-8-26-10-15-12-30(24(33)35-15)14-4-6-20-19(9-14)28-21(31)13-34-20/h4-7,9,11,15,26H,2-3,8,10,12-13H2,1H3,(H,28,31). The number of ether oxygens (including phenoxy) is 2. The molecule has 2 aromatic heterocycles. The number of carbonyl (C=O) groups excluding carboxylic acids is 2. The Labute approximate surface area is 199 Å². The molecule has 35 heavy (non-hydrogen) atoms. The molecule has 1 fully saturated rings. The summed E-state index contributed by atoms with van der Waals surface area (Å²) in [7, 11) is 1.61. The monoisotopic (exact) mass is 481 g/mol. The normalized spacial score (nSPS) is 17.2. The molecule has 11 heteroatoms. The number of hydrogen-bond acceptors (Lipinski definition) is 7. The zero-order valence-electron chi connectivity index (χ0n) is 19.0. The summed E-state index contributed by atoms with van der Waals surface area (Å²) in [6.45, 7) is 1.32. The fraction of sp³-hybridized carbons (Fsp3) is 0.333. The molecule has 1 aromatic carbocycles. The van der Waals surface area contributed by atoms with Crippen molar-refractivity contribution >= 4 is 34.4 Å². The third-order valence-electron chi connectivity index (χ3n) is 6.12. The average Bonchev–Trinajstić information content (AvgIpc) is 3.22. The number of anilines is 2. The lowest BCUT2D eigenvalue weighted by Gasteiger charge is -2.20. The van der Waals surface area contributed by atoms with Crippen molar-refractivity contribution in [3.8, 4) is 5.75 Å². The average molecular weight is 481 g/mol. The molecule has 5 rings (SSSR count). The summed E-state index contributed by atoms with van der Waals surface area (Å²) in [5, 5.41) is 5.98. The van der Waals surface area contributed by atoms with E-state index in [0.717, 1.165) is 0 Å². The molecular formula is C24H24FN5O5. The van der Waals surface area contributed by atoms with Crippen molar-refractivity contribution in [2.24, 2.45) is 7.05 Å². The zero-order chi connectivity index (χ0) is 24.5. The maximum atomic E-state index is 14.5. The first-order valence-corrected chi connectivity index (χ1v) is 11.3. The van der Waals surface area contributed by atoms with Crippen LogP contribution in [0.4, 0.5) is 20.6 Å². The summed E-state index contributed by atoms with van der Waals surface area (Å²) >= 11 is 0. The molecule has 2 aliphatic heterocycles. The van der Waals surface area contributed by atoms with Gasteiger partial charge in [0.25, 0.3) is 11.5 Å². The highest BCUT2D eigenvalue weighted by Gasteiger charge is 2.32.